The van der Waals surface area contributed by atoms with Crippen LogP contribution in [0.3, 0.4) is 0 Å². The Morgan fingerprint density at radius 1 is 1.05 bits per heavy atom. The van der Waals surface area contributed by atoms with Crippen LogP contribution in [0.25, 0.3) is 0 Å². The summed E-state index contributed by atoms with van der Waals surface area (Å²) in [5.74, 6) is 2.44. The van der Waals surface area contributed by atoms with E-state index in [0.717, 1.165) is 43.9 Å². The second-order valence-corrected chi connectivity index (χ2v) is 14.8. The summed E-state index contributed by atoms with van der Waals surface area (Å²) in [6.07, 6.45) is 5.15. The van der Waals surface area contributed by atoms with Gasteiger partial charge in [-0.3, -0.25) is 0 Å². The van der Waals surface area contributed by atoms with Crippen molar-refractivity contribution in [1.82, 2.24) is 19.9 Å². The van der Waals surface area contributed by atoms with Crippen molar-refractivity contribution in [3.05, 3.63) is 52.8 Å². The molecule has 0 spiro atoms. The minimum Gasteiger partial charge on any atom is -0.489 e. The van der Waals surface area contributed by atoms with Crippen molar-refractivity contribution in [2.24, 2.45) is 5.92 Å². The first kappa shape index (κ1) is 32.0. The molecule has 0 unspecified atom stereocenters. The number of likely N-dealkylation sites (tertiary alicyclic amines) is 1. The number of nitrogens with one attached hydrogen (secondary N) is 2. The van der Waals surface area contributed by atoms with Gasteiger partial charge in [-0.15, -0.1) is 0 Å². The zero-order valence-corrected chi connectivity index (χ0v) is 27.2. The van der Waals surface area contributed by atoms with Crippen molar-refractivity contribution in [2.45, 2.75) is 83.6 Å². The molecule has 0 atom stereocenters. The smallest absolute Gasteiger partial charge is 0.229 e. The van der Waals surface area contributed by atoms with E-state index in [9.17, 15) is 8.42 Å². The lowest BCUT2D eigenvalue weighted by molar-refractivity contribution is 0.191. The van der Waals surface area contributed by atoms with E-state index in [4.69, 9.17) is 16.3 Å². The van der Waals surface area contributed by atoms with Gasteiger partial charge >= 0.3 is 0 Å². The van der Waals surface area contributed by atoms with Crippen LogP contribution in [-0.2, 0) is 9.84 Å². The van der Waals surface area contributed by atoms with Gasteiger partial charge in [0, 0.05) is 12.7 Å². The maximum atomic E-state index is 12.9. The molecule has 1 aliphatic rings. The summed E-state index contributed by atoms with van der Waals surface area (Å²) in [6.45, 7) is 17.3. The van der Waals surface area contributed by atoms with Gasteiger partial charge in [-0.05, 0) is 108 Å². The summed E-state index contributed by atoms with van der Waals surface area (Å²) in [5.41, 5.74) is 3.54. The normalized spacial score (nSPS) is 15.0. The van der Waals surface area contributed by atoms with Crippen molar-refractivity contribution in [3.8, 4) is 5.75 Å². The number of hydrogen-bond acceptors (Lipinski definition) is 9. The van der Waals surface area contributed by atoms with E-state index >= 15 is 0 Å². The molecule has 0 aliphatic carbocycles. The number of hydrogen-bond donors (Lipinski definition) is 2. The fourth-order valence-corrected chi connectivity index (χ4v) is 6.45. The van der Waals surface area contributed by atoms with E-state index in [1.165, 1.54) is 23.5 Å². The van der Waals surface area contributed by atoms with E-state index in [0.29, 0.717) is 23.5 Å². The lowest BCUT2D eigenvalue weighted by Gasteiger charge is -2.34. The molecular weight excluding hydrogens is 572 g/mol. The highest BCUT2D eigenvalue weighted by molar-refractivity contribution is 7.92. The number of rotatable bonds is 11. The highest BCUT2D eigenvalue weighted by Crippen LogP contribution is 2.38. The van der Waals surface area contributed by atoms with Crippen molar-refractivity contribution in [3.63, 3.8) is 0 Å². The first-order valence-corrected chi connectivity index (χ1v) is 16.6. The maximum Gasteiger partial charge on any atom is 0.229 e. The van der Waals surface area contributed by atoms with Crippen molar-refractivity contribution in [1.29, 1.82) is 0 Å². The van der Waals surface area contributed by atoms with Crippen LogP contribution in [0.2, 0.25) is 5.02 Å². The Bertz CT molecular complexity index is 1490. The van der Waals surface area contributed by atoms with Gasteiger partial charge in [0.05, 0.1) is 28.9 Å². The molecule has 0 saturated carbocycles. The number of aryl methyl sites for hydroxylation is 1. The summed E-state index contributed by atoms with van der Waals surface area (Å²) in [5, 5.41) is 5.91. The number of halogens is 1. The lowest BCUT2D eigenvalue weighted by atomic mass is 9.86. The lowest BCUT2D eigenvalue weighted by Crippen LogP contribution is -2.35. The fraction of sp³-hybridized carbons (Fsp3) is 0.516. The zero-order valence-electron chi connectivity index (χ0n) is 25.6. The number of ether oxygens (including phenoxy) is 1. The monoisotopic (exact) mass is 614 g/mol. The molecule has 2 N–H and O–H groups in total. The Hall–Kier alpha value is -2.95. The number of aromatic nitrogens is 3. The molecule has 42 heavy (non-hydrogen) atoms. The van der Waals surface area contributed by atoms with Gasteiger partial charge in [-0.1, -0.05) is 25.4 Å². The van der Waals surface area contributed by atoms with E-state index in [-0.39, 0.29) is 22.0 Å². The van der Waals surface area contributed by atoms with Crippen molar-refractivity contribution >= 4 is 44.6 Å². The molecule has 2 aromatic heterocycles. The molecule has 1 aliphatic heterocycles. The summed E-state index contributed by atoms with van der Waals surface area (Å²) in [4.78, 5) is 15.6. The number of anilines is 4. The molecule has 1 aromatic carbocycles. The third kappa shape index (κ3) is 7.71. The number of piperidine rings is 1. The predicted octanol–water partition coefficient (Wildman–Crippen LogP) is 7.13. The second kappa shape index (κ2) is 13.6. The summed E-state index contributed by atoms with van der Waals surface area (Å²) < 4.78 is 32.1. The molecule has 3 heterocycles. The number of benzene rings is 1. The van der Waals surface area contributed by atoms with Crippen LogP contribution in [0.15, 0.2) is 41.7 Å². The average molecular weight is 615 g/mol. The Morgan fingerprint density at radius 3 is 2.40 bits per heavy atom. The Kier molecular flexibility index (Phi) is 10.3. The Labute approximate surface area is 255 Å². The number of sulfone groups is 1. The average Bonchev–Trinajstić information content (AvgIpc) is 2.92. The zero-order chi connectivity index (χ0) is 30.6. The van der Waals surface area contributed by atoms with Crippen molar-refractivity contribution in [2.75, 3.05) is 30.3 Å². The quantitative estimate of drug-likeness (QED) is 0.233. The van der Waals surface area contributed by atoms with E-state index in [2.05, 4.69) is 63.4 Å². The minimum absolute atomic E-state index is 0.0238. The number of pyridine rings is 1. The van der Waals surface area contributed by atoms with Gasteiger partial charge in [-0.2, -0.15) is 4.98 Å². The van der Waals surface area contributed by atoms with Crippen molar-refractivity contribution < 1.29 is 13.2 Å². The van der Waals surface area contributed by atoms with Crippen LogP contribution < -0.4 is 15.4 Å². The van der Waals surface area contributed by atoms with Gasteiger partial charge in [0.2, 0.25) is 5.95 Å². The Balaban J connectivity index is 1.60. The molecule has 0 amide bonds. The highest BCUT2D eigenvalue weighted by Gasteiger charge is 2.26. The largest absolute Gasteiger partial charge is 0.489 e. The van der Waals surface area contributed by atoms with Crippen LogP contribution in [-0.4, -0.2) is 59.3 Å². The van der Waals surface area contributed by atoms with Crippen LogP contribution in [0.1, 0.15) is 71.4 Å². The Morgan fingerprint density at radius 2 is 1.76 bits per heavy atom. The predicted molar refractivity (Wildman–Crippen MR) is 170 cm³/mol. The molecule has 0 radical (unpaired) electrons. The van der Waals surface area contributed by atoms with Crippen LogP contribution in [0, 0.1) is 12.8 Å². The van der Waals surface area contributed by atoms with Gasteiger partial charge < -0.3 is 20.3 Å². The molecule has 228 valence electrons. The van der Waals surface area contributed by atoms with Crippen LogP contribution >= 0.6 is 11.6 Å². The molecule has 1 fully saturated rings. The molecule has 0 bridgehead atoms. The van der Waals surface area contributed by atoms with E-state index in [1.807, 2.05) is 13.8 Å². The van der Waals surface area contributed by atoms with Gasteiger partial charge in [0.25, 0.3) is 0 Å². The van der Waals surface area contributed by atoms with E-state index < -0.39 is 15.1 Å². The molecule has 9 nitrogen and oxygen atoms in total. The molecule has 1 saturated heterocycles. The first-order valence-electron chi connectivity index (χ1n) is 14.6. The van der Waals surface area contributed by atoms with Gasteiger partial charge in [0.1, 0.15) is 10.8 Å². The van der Waals surface area contributed by atoms with E-state index in [1.54, 1.807) is 26.0 Å². The SMILES string of the molecule is Cc1cc(Nc2ncc(Cl)c(Nc3cccnc3S(=O)(=O)C(C)C)n2)c(OC(C)C)cc1C1CCN(CC(C)C)CC1. The second-order valence-electron chi connectivity index (χ2n) is 11.9. The maximum absolute atomic E-state index is 12.9. The number of nitrogens with zero attached hydrogens (tertiary/aromatic N) is 4. The van der Waals surface area contributed by atoms with Crippen LogP contribution in [0.4, 0.5) is 23.1 Å². The van der Waals surface area contributed by atoms with Gasteiger partial charge in [0.15, 0.2) is 20.7 Å². The molecule has 11 heteroatoms. The summed E-state index contributed by atoms with van der Waals surface area (Å²) in [7, 11) is -3.64. The topological polar surface area (TPSA) is 109 Å². The third-order valence-electron chi connectivity index (χ3n) is 7.29. The molecular formula is C31H43ClN6O3S. The molecule has 3 aromatic rings. The van der Waals surface area contributed by atoms with Gasteiger partial charge in [-0.25, -0.2) is 18.4 Å². The third-order valence-corrected chi connectivity index (χ3v) is 9.67. The minimum atomic E-state index is -3.64. The first-order chi connectivity index (χ1) is 19.8. The highest BCUT2D eigenvalue weighted by atomic mass is 35.5. The summed E-state index contributed by atoms with van der Waals surface area (Å²) in [6, 6.07) is 7.54. The standard InChI is InChI=1S/C31H43ClN6O3S/c1-19(2)18-38-13-10-23(11-14-38)24-16-28(41-20(3)4)27(15-22(24)7)36-31-34-17-25(32)29(37-31)35-26-9-8-12-33-30(26)42(39,40)21(5)6/h8-9,12,15-17,19-21,23H,10-11,13-14,18H2,1-7H3,(H2,34,35,36,37). The molecule has 4 rings (SSSR count). The fourth-order valence-electron chi connectivity index (χ4n) is 5.23. The summed E-state index contributed by atoms with van der Waals surface area (Å²) >= 11 is 6.44. The van der Waals surface area contributed by atoms with Crippen LogP contribution in [0.5, 0.6) is 5.75 Å².